The summed E-state index contributed by atoms with van der Waals surface area (Å²) in [6, 6.07) is 8.58. The first-order valence-electron chi connectivity index (χ1n) is 7.32. The fraction of sp³-hybridized carbons (Fsp3) is 0.0526. The standard InChI is InChI=1S/C19H14ClNO3/c1-2-3-7-12-10-11-15(17(12)20)21-14-9-6-4-5-8-13(14)16(18(21)22)19(23)24/h2-9,11H,1,10H2,(H,23,24)/b7-3-. The smallest absolute Gasteiger partial charge is 0.342 e. The third kappa shape index (κ3) is 2.51. The number of rotatable bonds is 4. The number of aromatic nitrogens is 1. The van der Waals surface area contributed by atoms with E-state index in [4.69, 9.17) is 11.6 Å². The van der Waals surface area contributed by atoms with Crippen LogP contribution in [0.4, 0.5) is 0 Å². The van der Waals surface area contributed by atoms with Crippen molar-refractivity contribution in [3.63, 3.8) is 0 Å². The molecule has 0 bridgehead atoms. The van der Waals surface area contributed by atoms with Gasteiger partial charge in [-0.3, -0.25) is 9.36 Å². The highest BCUT2D eigenvalue weighted by atomic mass is 35.5. The fourth-order valence-electron chi connectivity index (χ4n) is 2.79. The van der Waals surface area contributed by atoms with Gasteiger partial charge in [0.25, 0.3) is 5.56 Å². The van der Waals surface area contributed by atoms with Crippen molar-refractivity contribution in [3.8, 4) is 11.3 Å². The minimum Gasteiger partial charge on any atom is -0.477 e. The lowest BCUT2D eigenvalue weighted by molar-refractivity contribution is 0.0696. The van der Waals surface area contributed by atoms with E-state index in [0.29, 0.717) is 28.4 Å². The van der Waals surface area contributed by atoms with E-state index in [-0.39, 0.29) is 5.56 Å². The molecule has 3 aliphatic rings. The van der Waals surface area contributed by atoms with Crippen LogP contribution in [0.15, 0.2) is 76.6 Å². The number of hydrogen-bond acceptors (Lipinski definition) is 2. The van der Waals surface area contributed by atoms with Crippen LogP contribution < -0.4 is 5.56 Å². The van der Waals surface area contributed by atoms with Crippen LogP contribution in [0.2, 0.25) is 0 Å². The highest BCUT2D eigenvalue weighted by Crippen LogP contribution is 2.36. The number of carboxylic acid groups (broad SMARTS) is 1. The van der Waals surface area contributed by atoms with Gasteiger partial charge < -0.3 is 5.11 Å². The Morgan fingerprint density at radius 2 is 2.04 bits per heavy atom. The Balaban J connectivity index is 2.26. The molecule has 1 heterocycles. The normalized spacial score (nSPS) is 14.5. The van der Waals surface area contributed by atoms with Crippen molar-refractivity contribution in [1.82, 2.24) is 4.57 Å². The van der Waals surface area contributed by atoms with Gasteiger partial charge in [0.1, 0.15) is 5.56 Å². The molecule has 0 atom stereocenters. The number of aromatic carboxylic acids is 1. The number of carboxylic acids is 1. The molecule has 0 fully saturated rings. The van der Waals surface area contributed by atoms with Crippen molar-refractivity contribution in [1.29, 1.82) is 0 Å². The van der Waals surface area contributed by atoms with Gasteiger partial charge in [-0.05, 0) is 18.1 Å². The van der Waals surface area contributed by atoms with Crippen LogP contribution in [-0.2, 0) is 0 Å². The molecule has 0 saturated carbocycles. The summed E-state index contributed by atoms with van der Waals surface area (Å²) in [6.07, 6.45) is 7.63. The summed E-state index contributed by atoms with van der Waals surface area (Å²) in [5.41, 5.74) is 1.43. The number of nitrogens with zero attached hydrogens (tertiary/aromatic N) is 1. The number of fused-ring (bicyclic) bond motifs is 1. The van der Waals surface area contributed by atoms with Crippen molar-refractivity contribution in [3.05, 3.63) is 87.7 Å². The minimum atomic E-state index is -1.25. The molecule has 4 nitrogen and oxygen atoms in total. The van der Waals surface area contributed by atoms with Crippen molar-refractivity contribution < 1.29 is 9.90 Å². The maximum atomic E-state index is 12.7. The molecule has 24 heavy (non-hydrogen) atoms. The number of halogens is 1. The highest BCUT2D eigenvalue weighted by molar-refractivity contribution is 6.37. The van der Waals surface area contributed by atoms with Crippen molar-refractivity contribution in [2.24, 2.45) is 0 Å². The van der Waals surface area contributed by atoms with Crippen LogP contribution in [0.1, 0.15) is 16.8 Å². The lowest BCUT2D eigenvalue weighted by Gasteiger charge is -2.07. The molecule has 0 unspecified atom stereocenters. The Labute approximate surface area is 143 Å². The van der Waals surface area contributed by atoms with Crippen LogP contribution in [0.5, 0.6) is 0 Å². The Hall–Kier alpha value is -2.85. The summed E-state index contributed by atoms with van der Waals surface area (Å²) < 4.78 is 1.37. The number of allylic oxidation sites excluding steroid dienone is 7. The molecule has 0 aromatic heterocycles. The molecule has 1 N–H and O–H groups in total. The second kappa shape index (κ2) is 6.34. The molecular formula is C19H14ClNO3. The largest absolute Gasteiger partial charge is 0.477 e. The minimum absolute atomic E-state index is 0.248. The summed E-state index contributed by atoms with van der Waals surface area (Å²) in [7, 11) is 0. The quantitative estimate of drug-likeness (QED) is 0.852. The maximum Gasteiger partial charge on any atom is 0.342 e. The number of hydrogen-bond donors (Lipinski definition) is 1. The van der Waals surface area contributed by atoms with E-state index in [0.717, 1.165) is 5.57 Å². The summed E-state index contributed by atoms with van der Waals surface area (Å²) in [5, 5.41) is 9.87. The second-order valence-electron chi connectivity index (χ2n) is 5.26. The summed E-state index contributed by atoms with van der Waals surface area (Å²) in [5.74, 6) is -1.25. The van der Waals surface area contributed by atoms with Gasteiger partial charge in [-0.2, -0.15) is 0 Å². The molecule has 0 amide bonds. The van der Waals surface area contributed by atoms with Gasteiger partial charge in [0, 0.05) is 5.56 Å². The molecule has 5 heteroatoms. The van der Waals surface area contributed by atoms with Gasteiger partial charge in [0.15, 0.2) is 0 Å². The van der Waals surface area contributed by atoms with Gasteiger partial charge in [0.2, 0.25) is 0 Å². The van der Waals surface area contributed by atoms with Crippen molar-refractivity contribution >= 4 is 23.3 Å². The highest BCUT2D eigenvalue weighted by Gasteiger charge is 2.28. The molecule has 0 spiro atoms. The molecule has 0 saturated heterocycles. The second-order valence-corrected chi connectivity index (χ2v) is 5.64. The summed E-state index contributed by atoms with van der Waals surface area (Å²) >= 11 is 6.43. The van der Waals surface area contributed by atoms with Crippen molar-refractivity contribution in [2.45, 2.75) is 6.42 Å². The first-order chi connectivity index (χ1) is 11.6. The van der Waals surface area contributed by atoms with Crippen LogP contribution in [0.25, 0.3) is 17.0 Å². The van der Waals surface area contributed by atoms with Gasteiger partial charge in [0.05, 0.1) is 16.4 Å². The molecule has 2 aliphatic carbocycles. The maximum absolute atomic E-state index is 12.7. The van der Waals surface area contributed by atoms with Gasteiger partial charge in [-0.15, -0.1) is 0 Å². The molecule has 0 aromatic carbocycles. The third-order valence-electron chi connectivity index (χ3n) is 3.85. The van der Waals surface area contributed by atoms with Gasteiger partial charge >= 0.3 is 5.97 Å². The Morgan fingerprint density at radius 1 is 1.29 bits per heavy atom. The van der Waals surface area contributed by atoms with Crippen LogP contribution in [0, 0.1) is 0 Å². The summed E-state index contributed by atoms with van der Waals surface area (Å²) in [4.78, 5) is 24.3. The molecule has 0 radical (unpaired) electrons. The van der Waals surface area contributed by atoms with E-state index in [1.54, 1.807) is 42.5 Å². The summed E-state index contributed by atoms with van der Waals surface area (Å²) in [6.45, 7) is 3.62. The topological polar surface area (TPSA) is 59.3 Å². The molecule has 1 aliphatic heterocycles. The predicted molar refractivity (Wildman–Crippen MR) is 95.4 cm³/mol. The Bertz CT molecular complexity index is 963. The lowest BCUT2D eigenvalue weighted by atomic mass is 10.1. The van der Waals surface area contributed by atoms with Crippen molar-refractivity contribution in [2.75, 3.05) is 0 Å². The van der Waals surface area contributed by atoms with Crippen LogP contribution in [0.3, 0.4) is 0 Å². The SMILES string of the molecule is C=C/C=C\C1=C(Cl)C(n2c3cccccc-3c(C(=O)O)c2=O)=CC1. The van der Waals surface area contributed by atoms with Crippen LogP contribution >= 0.6 is 11.6 Å². The molecule has 0 aromatic rings. The zero-order valence-corrected chi connectivity index (χ0v) is 13.5. The fourth-order valence-corrected chi connectivity index (χ4v) is 3.09. The average Bonchev–Trinajstić information content (AvgIpc) is 2.91. The van der Waals surface area contributed by atoms with Gasteiger partial charge in [-0.25, -0.2) is 4.79 Å². The predicted octanol–water partition coefficient (Wildman–Crippen LogP) is 4.13. The zero-order chi connectivity index (χ0) is 17.3. The van der Waals surface area contributed by atoms with E-state index >= 15 is 0 Å². The molecular weight excluding hydrogens is 326 g/mol. The lowest BCUT2D eigenvalue weighted by Crippen LogP contribution is -2.19. The van der Waals surface area contributed by atoms with E-state index < -0.39 is 11.5 Å². The molecule has 3 rings (SSSR count). The third-order valence-corrected chi connectivity index (χ3v) is 4.29. The van der Waals surface area contributed by atoms with E-state index in [9.17, 15) is 14.7 Å². The monoisotopic (exact) mass is 339 g/mol. The Morgan fingerprint density at radius 3 is 2.75 bits per heavy atom. The first kappa shape index (κ1) is 16.0. The molecule has 120 valence electrons. The average molecular weight is 340 g/mol. The van der Waals surface area contributed by atoms with E-state index in [2.05, 4.69) is 6.58 Å². The Kier molecular flexibility index (Phi) is 4.23. The van der Waals surface area contributed by atoms with Gasteiger partial charge in [-0.1, -0.05) is 66.7 Å². The zero-order valence-electron chi connectivity index (χ0n) is 12.7. The van der Waals surface area contributed by atoms with E-state index in [1.807, 2.05) is 12.2 Å². The van der Waals surface area contributed by atoms with E-state index in [1.165, 1.54) is 4.57 Å². The first-order valence-corrected chi connectivity index (χ1v) is 7.69. The van der Waals surface area contributed by atoms with Crippen LogP contribution in [-0.4, -0.2) is 15.6 Å². The number of carbonyl (C=O) groups is 1.